The normalized spacial score (nSPS) is 28.6. The van der Waals surface area contributed by atoms with Crippen LogP contribution in [-0.2, 0) is 4.74 Å². The number of rotatable bonds is 4. The van der Waals surface area contributed by atoms with Crippen molar-refractivity contribution < 1.29 is 9.84 Å². The maximum absolute atomic E-state index is 9.95. The molecule has 0 aromatic heterocycles. The van der Waals surface area contributed by atoms with E-state index < -0.39 is 0 Å². The Morgan fingerprint density at radius 1 is 1.15 bits per heavy atom. The topological polar surface area (TPSA) is 29.5 Å². The van der Waals surface area contributed by atoms with Crippen LogP contribution in [0.1, 0.15) is 58.6 Å². The summed E-state index contributed by atoms with van der Waals surface area (Å²) < 4.78 is 6.32. The maximum Gasteiger partial charge on any atom is 0.121 e. The van der Waals surface area contributed by atoms with Gasteiger partial charge in [0, 0.05) is 5.56 Å². The van der Waals surface area contributed by atoms with Gasteiger partial charge in [0.05, 0.1) is 12.2 Å². The lowest BCUT2D eigenvalue weighted by atomic mass is 9.75. The van der Waals surface area contributed by atoms with E-state index in [1.54, 1.807) is 6.07 Å². The van der Waals surface area contributed by atoms with Crippen LogP contribution in [-0.4, -0.2) is 11.2 Å². The third kappa shape index (κ3) is 3.54. The van der Waals surface area contributed by atoms with Gasteiger partial charge in [-0.3, -0.25) is 0 Å². The van der Waals surface area contributed by atoms with Crippen molar-refractivity contribution in [3.63, 3.8) is 0 Å². The standard InChI is InChI=1S/C18H28O2/c1-12(2)16-11-13(3)9-10-18(16)20-14(4)15-7-5-6-8-17(15)19/h5-8,12-14,16,18-19H,9-11H2,1-4H3/t13-,14?,16+,18+/m1/s1. The van der Waals surface area contributed by atoms with Crippen molar-refractivity contribution in [2.24, 2.45) is 17.8 Å². The fraction of sp³-hybridized carbons (Fsp3) is 0.667. The summed E-state index contributed by atoms with van der Waals surface area (Å²) in [5.41, 5.74) is 0.897. The molecule has 2 nitrogen and oxygen atoms in total. The first kappa shape index (κ1) is 15.4. The van der Waals surface area contributed by atoms with Gasteiger partial charge >= 0.3 is 0 Å². The van der Waals surface area contributed by atoms with E-state index in [1.807, 2.05) is 25.1 Å². The first-order valence-electron chi connectivity index (χ1n) is 7.92. The van der Waals surface area contributed by atoms with Crippen LogP contribution in [0.25, 0.3) is 0 Å². The van der Waals surface area contributed by atoms with E-state index >= 15 is 0 Å². The molecule has 20 heavy (non-hydrogen) atoms. The highest BCUT2D eigenvalue weighted by Gasteiger charge is 2.32. The molecule has 1 aromatic carbocycles. The van der Waals surface area contributed by atoms with Crippen LogP contribution in [0.5, 0.6) is 5.75 Å². The number of hydrogen-bond acceptors (Lipinski definition) is 2. The van der Waals surface area contributed by atoms with Gasteiger partial charge in [0.25, 0.3) is 0 Å². The van der Waals surface area contributed by atoms with E-state index in [2.05, 4.69) is 20.8 Å². The second-order valence-electron chi connectivity index (χ2n) is 6.70. The van der Waals surface area contributed by atoms with Crippen molar-refractivity contribution >= 4 is 0 Å². The molecule has 1 aliphatic carbocycles. The van der Waals surface area contributed by atoms with Gasteiger partial charge < -0.3 is 9.84 Å². The highest BCUT2D eigenvalue weighted by molar-refractivity contribution is 5.33. The minimum absolute atomic E-state index is 0.0455. The van der Waals surface area contributed by atoms with Gasteiger partial charge in [-0.25, -0.2) is 0 Å². The molecule has 0 saturated heterocycles. The second kappa shape index (κ2) is 6.62. The van der Waals surface area contributed by atoms with Crippen LogP contribution in [0.15, 0.2) is 24.3 Å². The van der Waals surface area contributed by atoms with Crippen molar-refractivity contribution in [3.8, 4) is 5.75 Å². The number of phenolic OH excluding ortho intramolecular Hbond substituents is 1. The highest BCUT2D eigenvalue weighted by atomic mass is 16.5. The van der Waals surface area contributed by atoms with E-state index in [0.717, 1.165) is 17.9 Å². The zero-order valence-electron chi connectivity index (χ0n) is 13.2. The largest absolute Gasteiger partial charge is 0.508 e. The summed E-state index contributed by atoms with van der Waals surface area (Å²) >= 11 is 0. The SMILES string of the molecule is CC(O[C@H]1CC[C@@H](C)C[C@H]1C(C)C)c1ccccc1O. The minimum Gasteiger partial charge on any atom is -0.508 e. The predicted molar refractivity (Wildman–Crippen MR) is 82.7 cm³/mol. The summed E-state index contributed by atoms with van der Waals surface area (Å²) in [5.74, 6) is 2.43. The summed E-state index contributed by atoms with van der Waals surface area (Å²) in [6.45, 7) is 8.98. The second-order valence-corrected chi connectivity index (χ2v) is 6.70. The van der Waals surface area contributed by atoms with Gasteiger partial charge in [-0.05, 0) is 50.0 Å². The third-order valence-corrected chi connectivity index (χ3v) is 4.71. The number of hydrogen-bond donors (Lipinski definition) is 1. The van der Waals surface area contributed by atoms with Crippen LogP contribution >= 0.6 is 0 Å². The molecule has 1 saturated carbocycles. The molecular formula is C18H28O2. The lowest BCUT2D eigenvalue weighted by Gasteiger charge is -2.38. The summed E-state index contributed by atoms with van der Waals surface area (Å²) in [4.78, 5) is 0. The van der Waals surface area contributed by atoms with Crippen LogP contribution < -0.4 is 0 Å². The average Bonchev–Trinajstić information content (AvgIpc) is 2.41. The Morgan fingerprint density at radius 2 is 1.85 bits per heavy atom. The Bertz CT molecular complexity index is 427. The molecule has 1 unspecified atom stereocenters. The maximum atomic E-state index is 9.95. The van der Waals surface area contributed by atoms with Crippen LogP contribution in [0.4, 0.5) is 0 Å². The lowest BCUT2D eigenvalue weighted by molar-refractivity contribution is -0.0740. The Balaban J connectivity index is 2.06. The Kier molecular flexibility index (Phi) is 5.09. The molecule has 2 rings (SSSR count). The van der Waals surface area contributed by atoms with Gasteiger partial charge in [-0.2, -0.15) is 0 Å². The number of benzene rings is 1. The highest BCUT2D eigenvalue weighted by Crippen LogP contribution is 2.38. The lowest BCUT2D eigenvalue weighted by Crippen LogP contribution is -2.34. The number of phenols is 1. The predicted octanol–water partition coefficient (Wildman–Crippen LogP) is 4.93. The van der Waals surface area contributed by atoms with Crippen molar-refractivity contribution in [3.05, 3.63) is 29.8 Å². The molecule has 2 heteroatoms. The average molecular weight is 276 g/mol. The summed E-state index contributed by atoms with van der Waals surface area (Å²) in [6.07, 6.45) is 3.93. The molecule has 1 aromatic rings. The zero-order valence-corrected chi connectivity index (χ0v) is 13.2. The summed E-state index contributed by atoms with van der Waals surface area (Å²) in [5, 5.41) is 9.95. The van der Waals surface area contributed by atoms with E-state index in [-0.39, 0.29) is 6.10 Å². The van der Waals surface area contributed by atoms with Gasteiger partial charge in [0.1, 0.15) is 5.75 Å². The van der Waals surface area contributed by atoms with Gasteiger partial charge in [0.15, 0.2) is 0 Å². The number of ether oxygens (including phenoxy) is 1. The molecule has 4 atom stereocenters. The van der Waals surface area contributed by atoms with E-state index in [4.69, 9.17) is 4.74 Å². The molecule has 0 amide bonds. The molecule has 0 spiro atoms. The first-order chi connectivity index (χ1) is 9.49. The van der Waals surface area contributed by atoms with Crippen molar-refractivity contribution in [1.29, 1.82) is 0 Å². The Morgan fingerprint density at radius 3 is 2.50 bits per heavy atom. The van der Waals surface area contributed by atoms with Crippen LogP contribution in [0, 0.1) is 17.8 Å². The molecule has 112 valence electrons. The van der Waals surface area contributed by atoms with Gasteiger partial charge in [-0.1, -0.05) is 39.0 Å². The number of para-hydroxylation sites is 1. The fourth-order valence-electron chi connectivity index (χ4n) is 3.43. The Hall–Kier alpha value is -1.02. The van der Waals surface area contributed by atoms with E-state index in [1.165, 1.54) is 12.8 Å². The smallest absolute Gasteiger partial charge is 0.121 e. The molecule has 0 bridgehead atoms. The zero-order chi connectivity index (χ0) is 14.7. The molecule has 1 N–H and O–H groups in total. The molecule has 1 aliphatic rings. The first-order valence-corrected chi connectivity index (χ1v) is 7.92. The summed E-state index contributed by atoms with van der Waals surface area (Å²) in [7, 11) is 0. The van der Waals surface area contributed by atoms with Crippen LogP contribution in [0.3, 0.4) is 0 Å². The van der Waals surface area contributed by atoms with Crippen molar-refractivity contribution in [2.45, 2.75) is 59.2 Å². The monoisotopic (exact) mass is 276 g/mol. The van der Waals surface area contributed by atoms with Crippen molar-refractivity contribution in [1.82, 2.24) is 0 Å². The van der Waals surface area contributed by atoms with Crippen LogP contribution in [0.2, 0.25) is 0 Å². The number of aromatic hydroxyl groups is 1. The quantitative estimate of drug-likeness (QED) is 0.844. The fourth-order valence-corrected chi connectivity index (χ4v) is 3.43. The third-order valence-electron chi connectivity index (χ3n) is 4.71. The van der Waals surface area contributed by atoms with Gasteiger partial charge in [-0.15, -0.1) is 0 Å². The van der Waals surface area contributed by atoms with Crippen molar-refractivity contribution in [2.75, 3.05) is 0 Å². The molecule has 0 heterocycles. The molecular weight excluding hydrogens is 248 g/mol. The molecule has 1 fully saturated rings. The van der Waals surface area contributed by atoms with E-state index in [0.29, 0.717) is 23.7 Å². The summed E-state index contributed by atoms with van der Waals surface area (Å²) in [6, 6.07) is 7.50. The van der Waals surface area contributed by atoms with E-state index in [9.17, 15) is 5.11 Å². The molecule has 0 radical (unpaired) electrons. The van der Waals surface area contributed by atoms with Gasteiger partial charge in [0.2, 0.25) is 0 Å². The Labute approximate surface area is 123 Å². The molecule has 0 aliphatic heterocycles. The minimum atomic E-state index is -0.0455.